The molecule has 0 spiro atoms. The zero-order valence-corrected chi connectivity index (χ0v) is 20.2. The Bertz CT molecular complexity index is 1190. The van der Waals surface area contributed by atoms with E-state index in [-0.39, 0.29) is 11.7 Å². The van der Waals surface area contributed by atoms with Crippen LogP contribution in [0, 0.1) is 0 Å². The molecule has 0 atom stereocenters. The van der Waals surface area contributed by atoms with Crippen LogP contribution in [0.5, 0.6) is 17.2 Å². The lowest BCUT2D eigenvalue weighted by Crippen LogP contribution is -2.31. The maximum absolute atomic E-state index is 13.4. The van der Waals surface area contributed by atoms with E-state index in [4.69, 9.17) is 19.2 Å². The van der Waals surface area contributed by atoms with Gasteiger partial charge in [0.2, 0.25) is 5.91 Å². The average Bonchev–Trinajstić information content (AvgIpc) is 3.31. The minimum atomic E-state index is -0.0309. The predicted octanol–water partition coefficient (Wildman–Crippen LogP) is 5.65. The smallest absolute Gasteiger partial charge is 0.239 e. The van der Waals surface area contributed by atoms with Crippen molar-refractivity contribution in [2.75, 3.05) is 32.0 Å². The van der Waals surface area contributed by atoms with Crippen LogP contribution in [-0.4, -0.2) is 38.0 Å². The summed E-state index contributed by atoms with van der Waals surface area (Å²) in [4.78, 5) is 20.9. The quantitative estimate of drug-likeness (QED) is 0.289. The van der Waals surface area contributed by atoms with E-state index in [1.54, 1.807) is 26.2 Å². The number of methoxy groups -OCH3 is 3. The van der Waals surface area contributed by atoms with Gasteiger partial charge in [-0.1, -0.05) is 41.7 Å². The van der Waals surface area contributed by atoms with Crippen molar-refractivity contribution in [3.8, 4) is 17.2 Å². The van der Waals surface area contributed by atoms with E-state index < -0.39 is 0 Å². The summed E-state index contributed by atoms with van der Waals surface area (Å²) in [7, 11) is 4.87. The SMILES string of the molecule is COc1ccc(SCC(=O)N(Cc2ccccc2)c2nc3c(OC)ccc(OC)c3s2)cc1. The van der Waals surface area contributed by atoms with Crippen LogP contribution in [0.2, 0.25) is 0 Å². The topological polar surface area (TPSA) is 60.9 Å². The monoisotopic (exact) mass is 480 g/mol. The molecule has 0 aliphatic heterocycles. The van der Waals surface area contributed by atoms with Crippen LogP contribution in [0.4, 0.5) is 5.13 Å². The highest BCUT2D eigenvalue weighted by molar-refractivity contribution is 8.00. The third-order valence-electron chi connectivity index (χ3n) is 5.04. The third kappa shape index (κ3) is 5.23. The molecular weight excluding hydrogens is 456 g/mol. The number of amides is 1. The summed E-state index contributed by atoms with van der Waals surface area (Å²) in [6.07, 6.45) is 0. The lowest BCUT2D eigenvalue weighted by Gasteiger charge is -2.20. The van der Waals surface area contributed by atoms with Crippen LogP contribution in [0.1, 0.15) is 5.56 Å². The summed E-state index contributed by atoms with van der Waals surface area (Å²) in [6, 6.07) is 21.3. The van der Waals surface area contributed by atoms with Crippen molar-refractivity contribution in [3.63, 3.8) is 0 Å². The first-order chi connectivity index (χ1) is 16.1. The predicted molar refractivity (Wildman–Crippen MR) is 134 cm³/mol. The lowest BCUT2D eigenvalue weighted by atomic mass is 10.2. The Hall–Kier alpha value is -3.23. The normalized spacial score (nSPS) is 10.8. The van der Waals surface area contributed by atoms with Crippen molar-refractivity contribution in [1.82, 2.24) is 4.98 Å². The molecule has 0 aliphatic rings. The fourth-order valence-electron chi connectivity index (χ4n) is 3.31. The Morgan fingerprint density at radius 1 is 0.909 bits per heavy atom. The molecule has 0 fully saturated rings. The van der Waals surface area contributed by atoms with Crippen molar-refractivity contribution in [3.05, 3.63) is 72.3 Å². The van der Waals surface area contributed by atoms with E-state index in [2.05, 4.69) is 0 Å². The van der Waals surface area contributed by atoms with Gasteiger partial charge >= 0.3 is 0 Å². The van der Waals surface area contributed by atoms with Gasteiger partial charge in [-0.25, -0.2) is 4.98 Å². The number of rotatable bonds is 9. The van der Waals surface area contributed by atoms with Crippen molar-refractivity contribution in [2.24, 2.45) is 0 Å². The Labute approximate surface area is 201 Å². The summed E-state index contributed by atoms with van der Waals surface area (Å²) in [6.45, 7) is 0.424. The van der Waals surface area contributed by atoms with Gasteiger partial charge in [-0.3, -0.25) is 9.69 Å². The molecule has 0 radical (unpaired) electrons. The molecule has 33 heavy (non-hydrogen) atoms. The molecule has 4 rings (SSSR count). The number of carbonyl (C=O) groups excluding carboxylic acids is 1. The summed E-state index contributed by atoms with van der Waals surface area (Å²) >= 11 is 2.91. The molecule has 1 amide bonds. The van der Waals surface area contributed by atoms with Crippen LogP contribution in [0.15, 0.2) is 71.6 Å². The molecule has 1 heterocycles. The first kappa shape index (κ1) is 22.9. The van der Waals surface area contributed by atoms with Crippen molar-refractivity contribution >= 4 is 44.4 Å². The molecule has 0 aliphatic carbocycles. The highest BCUT2D eigenvalue weighted by Gasteiger charge is 2.23. The molecule has 8 heteroatoms. The highest BCUT2D eigenvalue weighted by Crippen LogP contribution is 2.40. The van der Waals surface area contributed by atoms with Crippen LogP contribution < -0.4 is 19.1 Å². The minimum absolute atomic E-state index is 0.0309. The maximum atomic E-state index is 13.4. The number of aromatic nitrogens is 1. The minimum Gasteiger partial charge on any atom is -0.497 e. The van der Waals surface area contributed by atoms with E-state index in [0.717, 1.165) is 20.9 Å². The van der Waals surface area contributed by atoms with Crippen LogP contribution >= 0.6 is 23.1 Å². The van der Waals surface area contributed by atoms with Gasteiger partial charge < -0.3 is 14.2 Å². The zero-order chi connectivity index (χ0) is 23.2. The maximum Gasteiger partial charge on any atom is 0.239 e. The van der Waals surface area contributed by atoms with Gasteiger partial charge in [-0.15, -0.1) is 11.8 Å². The Balaban J connectivity index is 1.65. The Kier molecular flexibility index (Phi) is 7.36. The molecule has 3 aromatic carbocycles. The third-order valence-corrected chi connectivity index (χ3v) is 7.13. The standard InChI is InChI=1S/C25H24N2O4S2/c1-29-18-9-11-19(12-10-18)32-16-22(28)27(15-17-7-5-4-6-8-17)25-26-23-20(30-2)13-14-21(31-3)24(23)33-25/h4-14H,15-16H2,1-3H3. The molecule has 170 valence electrons. The molecule has 0 saturated heterocycles. The summed E-state index contributed by atoms with van der Waals surface area (Å²) in [5.74, 6) is 2.39. The number of nitrogens with zero attached hydrogens (tertiary/aromatic N) is 2. The second kappa shape index (κ2) is 10.6. The molecule has 6 nitrogen and oxygen atoms in total. The second-order valence-electron chi connectivity index (χ2n) is 7.07. The van der Waals surface area contributed by atoms with Gasteiger partial charge in [0, 0.05) is 4.90 Å². The number of carbonyl (C=O) groups is 1. The number of hydrogen-bond donors (Lipinski definition) is 0. The lowest BCUT2D eigenvalue weighted by molar-refractivity contribution is -0.116. The summed E-state index contributed by atoms with van der Waals surface area (Å²) in [5, 5.41) is 0.608. The largest absolute Gasteiger partial charge is 0.497 e. The number of hydrogen-bond acceptors (Lipinski definition) is 7. The Morgan fingerprint density at radius 3 is 2.27 bits per heavy atom. The molecule has 0 saturated carbocycles. The summed E-state index contributed by atoms with van der Waals surface area (Å²) < 4.78 is 17.1. The van der Waals surface area contributed by atoms with Gasteiger partial charge in [-0.05, 0) is 42.0 Å². The number of thiazole rings is 1. The second-order valence-corrected chi connectivity index (χ2v) is 9.10. The molecule has 4 aromatic rings. The van der Waals surface area contributed by atoms with Crippen molar-refractivity contribution in [1.29, 1.82) is 0 Å². The number of ether oxygens (including phenoxy) is 3. The highest BCUT2D eigenvalue weighted by atomic mass is 32.2. The average molecular weight is 481 g/mol. The van der Waals surface area contributed by atoms with Gasteiger partial charge in [-0.2, -0.15) is 0 Å². The fourth-order valence-corrected chi connectivity index (χ4v) is 5.18. The molecule has 0 bridgehead atoms. The van der Waals surface area contributed by atoms with Crippen molar-refractivity contribution in [2.45, 2.75) is 11.4 Å². The van der Waals surface area contributed by atoms with E-state index in [9.17, 15) is 4.79 Å². The molecule has 0 unspecified atom stereocenters. The van der Waals surface area contributed by atoms with Crippen LogP contribution in [0.25, 0.3) is 10.2 Å². The van der Waals surface area contributed by atoms with Gasteiger partial charge in [0.05, 0.1) is 33.6 Å². The van der Waals surface area contributed by atoms with E-state index in [1.165, 1.54) is 23.1 Å². The molecular formula is C25H24N2O4S2. The fraction of sp³-hybridized carbons (Fsp3) is 0.200. The van der Waals surface area contributed by atoms with E-state index in [1.807, 2.05) is 66.7 Å². The Morgan fingerprint density at radius 2 is 1.61 bits per heavy atom. The first-order valence-corrected chi connectivity index (χ1v) is 12.1. The van der Waals surface area contributed by atoms with Gasteiger partial charge in [0.25, 0.3) is 0 Å². The van der Waals surface area contributed by atoms with E-state index >= 15 is 0 Å². The first-order valence-electron chi connectivity index (χ1n) is 10.3. The van der Waals surface area contributed by atoms with Crippen LogP contribution in [0.3, 0.4) is 0 Å². The zero-order valence-electron chi connectivity index (χ0n) is 18.6. The summed E-state index contributed by atoms with van der Waals surface area (Å²) in [5.41, 5.74) is 1.71. The number of anilines is 1. The molecule has 0 N–H and O–H groups in total. The molecule has 1 aromatic heterocycles. The number of benzene rings is 3. The number of fused-ring (bicyclic) bond motifs is 1. The van der Waals surface area contributed by atoms with Gasteiger partial charge in [0.1, 0.15) is 27.5 Å². The number of thioether (sulfide) groups is 1. The van der Waals surface area contributed by atoms with Crippen molar-refractivity contribution < 1.29 is 19.0 Å². The van der Waals surface area contributed by atoms with Gasteiger partial charge in [0.15, 0.2) is 5.13 Å². The van der Waals surface area contributed by atoms with E-state index in [0.29, 0.717) is 28.7 Å². The van der Waals surface area contributed by atoms with Crippen LogP contribution in [-0.2, 0) is 11.3 Å².